The average molecular weight is 767 g/mol. The SMILES string of the molecule is CCCCCCCCCC(=O)OCCOCCOCCOCCOCCOCCOCCOCCOC(c1ccccc1)(c1ccccc1)c1ccccc1. The van der Waals surface area contributed by atoms with Crippen LogP contribution in [-0.4, -0.2) is 112 Å². The van der Waals surface area contributed by atoms with E-state index in [1.807, 2.05) is 54.6 Å². The molecule has 3 aromatic carbocycles. The summed E-state index contributed by atoms with van der Waals surface area (Å²) in [5.41, 5.74) is 2.45. The predicted molar refractivity (Wildman–Crippen MR) is 214 cm³/mol. The van der Waals surface area contributed by atoms with Gasteiger partial charge in [0.1, 0.15) is 12.2 Å². The van der Waals surface area contributed by atoms with Crippen LogP contribution in [-0.2, 0) is 53.0 Å². The quantitative estimate of drug-likeness (QED) is 0.0331. The predicted octanol–water partition coefficient (Wildman–Crippen LogP) is 7.80. The maximum atomic E-state index is 11.8. The molecule has 0 saturated carbocycles. The van der Waals surface area contributed by atoms with Crippen LogP contribution in [0.3, 0.4) is 0 Å². The molecule has 55 heavy (non-hydrogen) atoms. The average Bonchev–Trinajstić information content (AvgIpc) is 3.23. The molecule has 0 heterocycles. The molecule has 3 rings (SSSR count). The van der Waals surface area contributed by atoms with Crippen LogP contribution in [0.15, 0.2) is 91.0 Å². The normalized spacial score (nSPS) is 11.6. The van der Waals surface area contributed by atoms with Gasteiger partial charge in [0.2, 0.25) is 0 Å². The van der Waals surface area contributed by atoms with Crippen LogP contribution in [0.5, 0.6) is 0 Å². The van der Waals surface area contributed by atoms with Crippen molar-refractivity contribution in [1.82, 2.24) is 0 Å². The number of unbranched alkanes of at least 4 members (excludes halogenated alkanes) is 6. The zero-order valence-corrected chi connectivity index (χ0v) is 33.2. The first-order chi connectivity index (χ1) is 27.3. The minimum Gasteiger partial charge on any atom is -0.463 e. The molecule has 0 bridgehead atoms. The molecular formula is C45H66O10. The van der Waals surface area contributed by atoms with E-state index in [1.54, 1.807) is 0 Å². The van der Waals surface area contributed by atoms with Gasteiger partial charge in [0.15, 0.2) is 0 Å². The molecule has 306 valence electrons. The Bertz CT molecular complexity index is 1200. The molecule has 0 spiro atoms. The third-order valence-electron chi connectivity index (χ3n) is 8.79. The second-order valence-electron chi connectivity index (χ2n) is 13.0. The largest absolute Gasteiger partial charge is 0.463 e. The Kier molecular flexibility index (Phi) is 26.8. The van der Waals surface area contributed by atoms with E-state index >= 15 is 0 Å². The van der Waals surface area contributed by atoms with E-state index in [4.69, 9.17) is 42.6 Å². The molecule has 0 N–H and O–H groups in total. The number of ether oxygens (including phenoxy) is 9. The van der Waals surface area contributed by atoms with Gasteiger partial charge in [0.25, 0.3) is 0 Å². The first kappa shape index (κ1) is 46.2. The Morgan fingerprint density at radius 3 is 1.07 bits per heavy atom. The molecule has 0 unspecified atom stereocenters. The highest BCUT2D eigenvalue weighted by atomic mass is 16.6. The maximum Gasteiger partial charge on any atom is 0.305 e. The van der Waals surface area contributed by atoms with Gasteiger partial charge in [-0.15, -0.1) is 0 Å². The molecule has 3 aromatic rings. The van der Waals surface area contributed by atoms with Crippen LogP contribution in [0.2, 0.25) is 0 Å². The van der Waals surface area contributed by atoms with Crippen LogP contribution in [0.4, 0.5) is 0 Å². The lowest BCUT2D eigenvalue weighted by molar-refractivity contribution is -0.145. The second kappa shape index (κ2) is 32.0. The Morgan fingerprint density at radius 2 is 0.709 bits per heavy atom. The summed E-state index contributed by atoms with van der Waals surface area (Å²) in [4.78, 5) is 11.8. The molecule has 0 atom stereocenters. The fourth-order valence-electron chi connectivity index (χ4n) is 5.96. The zero-order valence-electron chi connectivity index (χ0n) is 33.2. The highest BCUT2D eigenvalue weighted by Gasteiger charge is 2.37. The second-order valence-corrected chi connectivity index (χ2v) is 13.0. The molecular weight excluding hydrogens is 700 g/mol. The van der Waals surface area contributed by atoms with E-state index in [0.29, 0.717) is 106 Å². The molecule has 10 heteroatoms. The van der Waals surface area contributed by atoms with Crippen molar-refractivity contribution < 1.29 is 47.4 Å². The fraction of sp³-hybridized carbons (Fsp3) is 0.578. The van der Waals surface area contributed by atoms with Crippen LogP contribution in [0.1, 0.15) is 75.0 Å². The Labute approximate surface area is 330 Å². The molecule has 0 aliphatic heterocycles. The highest BCUT2D eigenvalue weighted by Crippen LogP contribution is 2.40. The van der Waals surface area contributed by atoms with Gasteiger partial charge in [-0.3, -0.25) is 4.79 Å². The topological polar surface area (TPSA) is 100 Å². The lowest BCUT2D eigenvalue weighted by atomic mass is 9.80. The number of carbonyl (C=O) groups excluding carboxylic acids is 1. The van der Waals surface area contributed by atoms with E-state index in [-0.39, 0.29) is 12.6 Å². The lowest BCUT2D eigenvalue weighted by Crippen LogP contribution is -2.34. The summed E-state index contributed by atoms with van der Waals surface area (Å²) in [6.07, 6.45) is 8.79. The lowest BCUT2D eigenvalue weighted by Gasteiger charge is -2.36. The van der Waals surface area contributed by atoms with Gasteiger partial charge in [0.05, 0.1) is 99.1 Å². The summed E-state index contributed by atoms with van der Waals surface area (Å²) in [6.45, 7) is 9.51. The molecule has 0 aliphatic rings. The molecule has 0 amide bonds. The highest BCUT2D eigenvalue weighted by molar-refractivity contribution is 5.69. The minimum atomic E-state index is -0.753. The van der Waals surface area contributed by atoms with Crippen LogP contribution in [0.25, 0.3) is 0 Å². The van der Waals surface area contributed by atoms with Crippen molar-refractivity contribution in [2.24, 2.45) is 0 Å². The van der Waals surface area contributed by atoms with Gasteiger partial charge in [0, 0.05) is 6.42 Å². The minimum absolute atomic E-state index is 0.141. The van der Waals surface area contributed by atoms with E-state index < -0.39 is 5.60 Å². The van der Waals surface area contributed by atoms with Crippen molar-refractivity contribution in [2.75, 3.05) is 106 Å². The summed E-state index contributed by atoms with van der Waals surface area (Å²) in [5.74, 6) is -0.141. The first-order valence-electron chi connectivity index (χ1n) is 20.3. The van der Waals surface area contributed by atoms with Crippen molar-refractivity contribution >= 4 is 5.97 Å². The Balaban J connectivity index is 1.07. The number of hydrogen-bond acceptors (Lipinski definition) is 10. The third kappa shape index (κ3) is 20.5. The molecule has 0 aliphatic carbocycles. The molecule has 0 fully saturated rings. The van der Waals surface area contributed by atoms with E-state index in [0.717, 1.165) is 29.5 Å². The molecule has 0 saturated heterocycles. The fourth-order valence-corrected chi connectivity index (χ4v) is 5.96. The van der Waals surface area contributed by atoms with Crippen molar-refractivity contribution in [3.05, 3.63) is 108 Å². The van der Waals surface area contributed by atoms with Crippen molar-refractivity contribution in [2.45, 2.75) is 63.9 Å². The Hall–Kier alpha value is -3.19. The summed E-state index contributed by atoms with van der Waals surface area (Å²) in [5, 5.41) is 0. The third-order valence-corrected chi connectivity index (χ3v) is 8.79. The van der Waals surface area contributed by atoms with Gasteiger partial charge >= 0.3 is 5.97 Å². The number of hydrogen-bond donors (Lipinski definition) is 0. The number of rotatable bonds is 36. The molecule has 10 nitrogen and oxygen atoms in total. The summed E-state index contributed by atoms with van der Waals surface area (Å²) in [7, 11) is 0. The van der Waals surface area contributed by atoms with Crippen molar-refractivity contribution in [3.8, 4) is 0 Å². The monoisotopic (exact) mass is 766 g/mol. The number of carbonyl (C=O) groups is 1. The van der Waals surface area contributed by atoms with Gasteiger partial charge < -0.3 is 42.6 Å². The standard InChI is InChI=1S/C45H66O10/c1-2-3-4-5-6-7-17-24-44(46)54-39-37-52-35-33-50-31-29-48-27-25-47-26-28-49-30-32-51-34-36-53-38-40-55-45(41-18-11-8-12-19-41,42-20-13-9-14-21-42)43-22-15-10-16-23-43/h8-16,18-23H,2-7,17,24-40H2,1H3. The van der Waals surface area contributed by atoms with E-state index in [1.165, 1.54) is 32.1 Å². The van der Waals surface area contributed by atoms with Crippen molar-refractivity contribution in [1.29, 1.82) is 0 Å². The number of benzene rings is 3. The number of esters is 1. The van der Waals surface area contributed by atoms with Crippen LogP contribution >= 0.6 is 0 Å². The summed E-state index contributed by atoms with van der Waals surface area (Å²) >= 11 is 0. The van der Waals surface area contributed by atoms with E-state index in [9.17, 15) is 4.79 Å². The summed E-state index contributed by atoms with van der Waals surface area (Å²) in [6, 6.07) is 31.0. The van der Waals surface area contributed by atoms with Crippen LogP contribution in [0, 0.1) is 0 Å². The Morgan fingerprint density at radius 1 is 0.400 bits per heavy atom. The summed E-state index contributed by atoms with van der Waals surface area (Å²) < 4.78 is 51.1. The smallest absolute Gasteiger partial charge is 0.305 e. The van der Waals surface area contributed by atoms with Crippen LogP contribution < -0.4 is 0 Å². The molecule has 0 radical (unpaired) electrons. The van der Waals surface area contributed by atoms with Gasteiger partial charge in [-0.25, -0.2) is 0 Å². The van der Waals surface area contributed by atoms with Gasteiger partial charge in [-0.2, -0.15) is 0 Å². The van der Waals surface area contributed by atoms with Gasteiger partial charge in [-0.1, -0.05) is 136 Å². The first-order valence-corrected chi connectivity index (χ1v) is 20.3. The zero-order chi connectivity index (χ0) is 38.8. The van der Waals surface area contributed by atoms with Gasteiger partial charge in [-0.05, 0) is 23.1 Å². The maximum absolute atomic E-state index is 11.8. The van der Waals surface area contributed by atoms with E-state index in [2.05, 4.69) is 43.3 Å². The molecule has 0 aromatic heterocycles. The van der Waals surface area contributed by atoms with Crippen molar-refractivity contribution in [3.63, 3.8) is 0 Å².